The molecule has 0 bridgehead atoms. The van der Waals surface area contributed by atoms with E-state index in [2.05, 4.69) is 19.2 Å². The highest BCUT2D eigenvalue weighted by Gasteiger charge is 2.33. The lowest BCUT2D eigenvalue weighted by Gasteiger charge is -2.28. The second kappa shape index (κ2) is 8.19. The van der Waals surface area contributed by atoms with Gasteiger partial charge >= 0.3 is 0 Å². The van der Waals surface area contributed by atoms with Gasteiger partial charge in [0.05, 0.1) is 0 Å². The minimum Gasteiger partial charge on any atom is -0.355 e. The summed E-state index contributed by atoms with van der Waals surface area (Å²) in [4.78, 5) is 12.4. The van der Waals surface area contributed by atoms with Crippen LogP contribution in [0.25, 0.3) is 0 Å². The van der Waals surface area contributed by atoms with Crippen molar-refractivity contribution in [2.75, 3.05) is 13.1 Å². The van der Waals surface area contributed by atoms with Gasteiger partial charge in [0.25, 0.3) is 0 Å². The molecule has 1 aromatic carbocycles. The van der Waals surface area contributed by atoms with Crippen molar-refractivity contribution < 1.29 is 4.79 Å². The summed E-state index contributed by atoms with van der Waals surface area (Å²) in [5, 5.41) is 3.85. The van der Waals surface area contributed by atoms with Crippen LogP contribution in [0.1, 0.15) is 38.7 Å². The average molecular weight is 345 g/mol. The van der Waals surface area contributed by atoms with Crippen LogP contribution in [0.5, 0.6) is 0 Å². The van der Waals surface area contributed by atoms with Crippen molar-refractivity contribution in [3.8, 4) is 0 Å². The lowest BCUT2D eigenvalue weighted by atomic mass is 9.84. The Morgan fingerprint density at radius 2 is 2.05 bits per heavy atom. The summed E-state index contributed by atoms with van der Waals surface area (Å²) in [5.41, 5.74) is 6.63. The molecule has 0 spiro atoms. The molecular formula is C17H26Cl2N2O. The van der Waals surface area contributed by atoms with Gasteiger partial charge in [-0.2, -0.15) is 0 Å². The van der Waals surface area contributed by atoms with E-state index in [1.165, 1.54) is 0 Å². The smallest absolute Gasteiger partial charge is 0.223 e. The first-order valence-electron chi connectivity index (χ1n) is 7.68. The highest BCUT2D eigenvalue weighted by molar-refractivity contribution is 6.31. The molecule has 124 valence electrons. The van der Waals surface area contributed by atoms with Gasteiger partial charge < -0.3 is 11.1 Å². The number of nitrogens with two attached hydrogens (primary N) is 1. The Kier molecular flexibility index (Phi) is 7.17. The van der Waals surface area contributed by atoms with Crippen LogP contribution in [-0.4, -0.2) is 19.0 Å². The Hall–Kier alpha value is -0.770. The van der Waals surface area contributed by atoms with Crippen molar-refractivity contribution in [2.45, 2.75) is 38.5 Å². The van der Waals surface area contributed by atoms with Crippen molar-refractivity contribution in [1.29, 1.82) is 0 Å². The topological polar surface area (TPSA) is 55.1 Å². The van der Waals surface area contributed by atoms with Gasteiger partial charge in [-0.3, -0.25) is 4.79 Å². The highest BCUT2D eigenvalue weighted by atomic mass is 35.5. The number of rotatable bonds is 5. The van der Waals surface area contributed by atoms with E-state index in [1.54, 1.807) is 0 Å². The van der Waals surface area contributed by atoms with Gasteiger partial charge in [0.1, 0.15) is 0 Å². The third kappa shape index (κ3) is 4.37. The Morgan fingerprint density at radius 3 is 2.68 bits per heavy atom. The maximum absolute atomic E-state index is 12.4. The van der Waals surface area contributed by atoms with Gasteiger partial charge in [-0.05, 0) is 36.9 Å². The maximum Gasteiger partial charge on any atom is 0.223 e. The monoisotopic (exact) mass is 344 g/mol. The van der Waals surface area contributed by atoms with Crippen LogP contribution >= 0.6 is 24.0 Å². The molecule has 1 amide bonds. The molecule has 1 saturated carbocycles. The number of hydrogen-bond acceptors (Lipinski definition) is 2. The summed E-state index contributed by atoms with van der Waals surface area (Å²) in [6, 6.07) is 7.81. The molecule has 0 aromatic heterocycles. The van der Waals surface area contributed by atoms with Gasteiger partial charge in [0.15, 0.2) is 0 Å². The number of carbonyl (C=O) groups is 1. The molecule has 22 heavy (non-hydrogen) atoms. The second-order valence-corrected chi connectivity index (χ2v) is 7.02. The summed E-state index contributed by atoms with van der Waals surface area (Å²) in [6.07, 6.45) is 3.14. The van der Waals surface area contributed by atoms with Crippen LogP contribution < -0.4 is 11.1 Å². The van der Waals surface area contributed by atoms with Crippen molar-refractivity contribution in [2.24, 2.45) is 17.6 Å². The molecule has 2 rings (SSSR count). The highest BCUT2D eigenvalue weighted by Crippen LogP contribution is 2.32. The van der Waals surface area contributed by atoms with E-state index in [9.17, 15) is 4.79 Å². The van der Waals surface area contributed by atoms with Crippen LogP contribution in [0.3, 0.4) is 0 Å². The van der Waals surface area contributed by atoms with Gasteiger partial charge in [0, 0.05) is 22.9 Å². The van der Waals surface area contributed by atoms with Crippen LogP contribution in [0.4, 0.5) is 0 Å². The van der Waals surface area contributed by atoms with Crippen molar-refractivity contribution in [1.82, 2.24) is 5.32 Å². The number of nitrogens with one attached hydrogen (secondary N) is 1. The zero-order valence-electron chi connectivity index (χ0n) is 13.3. The molecule has 3 N–H and O–H groups in total. The number of hydrogen-bond donors (Lipinski definition) is 2. The summed E-state index contributed by atoms with van der Waals surface area (Å²) >= 11 is 6.27. The van der Waals surface area contributed by atoms with Crippen LogP contribution in [0.15, 0.2) is 24.3 Å². The molecule has 0 unspecified atom stereocenters. The Bertz CT molecular complexity index is 505. The first kappa shape index (κ1) is 19.3. The molecule has 0 aliphatic heterocycles. The largest absolute Gasteiger partial charge is 0.355 e. The molecule has 1 aromatic rings. The normalized spacial score (nSPS) is 21.3. The molecule has 3 nitrogen and oxygen atoms in total. The average Bonchev–Trinajstić information content (AvgIpc) is 2.93. The van der Waals surface area contributed by atoms with E-state index in [0.29, 0.717) is 19.0 Å². The number of carbonyl (C=O) groups excluding carboxylic acids is 1. The first-order chi connectivity index (χ1) is 9.95. The minimum atomic E-state index is -0.190. The Morgan fingerprint density at radius 1 is 1.36 bits per heavy atom. The van der Waals surface area contributed by atoms with E-state index in [0.717, 1.165) is 29.8 Å². The zero-order valence-corrected chi connectivity index (χ0v) is 14.8. The standard InChI is InChI=1S/C17H25ClN2O.ClH/c1-17(2,14-8-3-4-9-15(14)18)11-20-16(21)13-7-5-6-12(13)10-19;/h3-4,8-9,12-13H,5-7,10-11,19H2,1-2H3,(H,20,21);1H/t12-,13-;/m1./s1. The van der Waals surface area contributed by atoms with Gasteiger partial charge in [-0.1, -0.05) is 50.1 Å². The van der Waals surface area contributed by atoms with Gasteiger partial charge in [-0.15, -0.1) is 12.4 Å². The predicted octanol–water partition coefficient (Wildman–Crippen LogP) is 3.53. The van der Waals surface area contributed by atoms with Crippen molar-refractivity contribution in [3.63, 3.8) is 0 Å². The van der Waals surface area contributed by atoms with E-state index in [-0.39, 0.29) is 29.6 Å². The molecule has 1 aliphatic carbocycles. The van der Waals surface area contributed by atoms with Gasteiger partial charge in [-0.25, -0.2) is 0 Å². The molecule has 0 heterocycles. The second-order valence-electron chi connectivity index (χ2n) is 6.61. The quantitative estimate of drug-likeness (QED) is 0.858. The van der Waals surface area contributed by atoms with Crippen molar-refractivity contribution >= 4 is 29.9 Å². The fraction of sp³-hybridized carbons (Fsp3) is 0.588. The molecule has 0 saturated heterocycles. The summed E-state index contributed by atoms with van der Waals surface area (Å²) in [7, 11) is 0. The number of halogens is 2. The van der Waals surface area contributed by atoms with E-state index >= 15 is 0 Å². The minimum absolute atomic E-state index is 0. The molecule has 5 heteroatoms. The molecule has 1 aliphatic rings. The lowest BCUT2D eigenvalue weighted by molar-refractivity contribution is -0.126. The molecule has 0 radical (unpaired) electrons. The van der Waals surface area contributed by atoms with Crippen LogP contribution in [0, 0.1) is 11.8 Å². The van der Waals surface area contributed by atoms with E-state index in [1.807, 2.05) is 24.3 Å². The van der Waals surface area contributed by atoms with Crippen molar-refractivity contribution in [3.05, 3.63) is 34.9 Å². The molecular weight excluding hydrogens is 319 g/mol. The third-order valence-electron chi connectivity index (χ3n) is 4.61. The van der Waals surface area contributed by atoms with Crippen LogP contribution in [0.2, 0.25) is 5.02 Å². The predicted molar refractivity (Wildman–Crippen MR) is 94.6 cm³/mol. The summed E-state index contributed by atoms with van der Waals surface area (Å²) in [6.45, 7) is 5.39. The molecule has 1 fully saturated rings. The Labute approximate surface area is 144 Å². The summed E-state index contributed by atoms with van der Waals surface area (Å²) < 4.78 is 0. The SMILES string of the molecule is CC(C)(CNC(=O)[C@@H]1CCC[C@@H]1CN)c1ccccc1Cl.Cl. The number of benzene rings is 1. The number of amides is 1. The van der Waals surface area contributed by atoms with E-state index < -0.39 is 0 Å². The molecule has 2 atom stereocenters. The fourth-order valence-electron chi connectivity index (χ4n) is 3.21. The third-order valence-corrected chi connectivity index (χ3v) is 4.94. The fourth-order valence-corrected chi connectivity index (χ4v) is 3.60. The van der Waals surface area contributed by atoms with E-state index in [4.69, 9.17) is 17.3 Å². The lowest BCUT2D eigenvalue weighted by Crippen LogP contribution is -2.41. The summed E-state index contributed by atoms with van der Waals surface area (Å²) in [5.74, 6) is 0.563. The first-order valence-corrected chi connectivity index (χ1v) is 8.06. The maximum atomic E-state index is 12.4. The van der Waals surface area contributed by atoms with Gasteiger partial charge in [0.2, 0.25) is 5.91 Å². The Balaban J connectivity index is 0.00000242. The van der Waals surface area contributed by atoms with Crippen LogP contribution in [-0.2, 0) is 10.2 Å². The zero-order chi connectivity index (χ0) is 15.5.